The number of piperidine rings is 1. The number of amides is 3. The summed E-state index contributed by atoms with van der Waals surface area (Å²) >= 11 is 1.59. The van der Waals surface area contributed by atoms with Crippen molar-refractivity contribution in [1.82, 2.24) is 15.1 Å². The Balaban J connectivity index is 1.56. The molecule has 0 spiro atoms. The lowest BCUT2D eigenvalue weighted by molar-refractivity contribution is -0.384. The Kier molecular flexibility index (Phi) is 9.11. The topological polar surface area (TPSA) is 113 Å². The summed E-state index contributed by atoms with van der Waals surface area (Å²) in [5.41, 5.74) is -0.00882. The summed E-state index contributed by atoms with van der Waals surface area (Å²) in [6.07, 6.45) is 6.68. The molecule has 0 radical (unpaired) electrons. The van der Waals surface area contributed by atoms with Crippen LogP contribution >= 0.6 is 11.8 Å². The first-order valence-electron chi connectivity index (χ1n) is 11.5. The predicted octanol–water partition coefficient (Wildman–Crippen LogP) is 2.70. The summed E-state index contributed by atoms with van der Waals surface area (Å²) < 4.78 is 0. The van der Waals surface area contributed by atoms with Gasteiger partial charge >= 0.3 is 0 Å². The van der Waals surface area contributed by atoms with E-state index in [4.69, 9.17) is 0 Å². The zero-order valence-electron chi connectivity index (χ0n) is 19.0. The molecular formula is C23H32N4O5S. The molecule has 3 rings (SSSR count). The van der Waals surface area contributed by atoms with Crippen LogP contribution in [0.4, 0.5) is 5.69 Å². The van der Waals surface area contributed by atoms with Gasteiger partial charge in [0.25, 0.3) is 11.6 Å². The SMILES string of the molecule is CSCCC(NC(=O)c1cccc([N+](=O)[O-])c1)C(=O)N1CCC(CC(=O)N2CCCC2)CC1. The second-order valence-electron chi connectivity index (χ2n) is 8.68. The number of benzene rings is 1. The Hall–Kier alpha value is -2.62. The van der Waals surface area contributed by atoms with Gasteiger partial charge in [-0.1, -0.05) is 6.07 Å². The van der Waals surface area contributed by atoms with Crippen molar-refractivity contribution in [2.75, 3.05) is 38.2 Å². The number of carbonyl (C=O) groups is 3. The zero-order valence-corrected chi connectivity index (χ0v) is 19.8. The quantitative estimate of drug-likeness (QED) is 0.433. The maximum absolute atomic E-state index is 13.2. The third-order valence-corrected chi connectivity index (χ3v) is 7.03. The lowest BCUT2D eigenvalue weighted by Gasteiger charge is -2.34. The minimum absolute atomic E-state index is 0.132. The molecule has 1 unspecified atom stereocenters. The van der Waals surface area contributed by atoms with Crippen LogP contribution in [-0.4, -0.2) is 76.7 Å². The molecule has 2 fully saturated rings. The zero-order chi connectivity index (χ0) is 23.8. The minimum atomic E-state index is -0.688. The smallest absolute Gasteiger partial charge is 0.270 e. The van der Waals surface area contributed by atoms with Gasteiger partial charge in [-0.15, -0.1) is 0 Å². The van der Waals surface area contributed by atoms with Crippen molar-refractivity contribution in [3.05, 3.63) is 39.9 Å². The number of non-ortho nitro benzene ring substituents is 1. The van der Waals surface area contributed by atoms with Crippen LogP contribution in [0.15, 0.2) is 24.3 Å². The number of rotatable bonds is 9. The van der Waals surface area contributed by atoms with Gasteiger partial charge < -0.3 is 15.1 Å². The van der Waals surface area contributed by atoms with Crippen LogP contribution in [0, 0.1) is 16.0 Å². The number of thioether (sulfide) groups is 1. The number of nitro benzene ring substituents is 1. The van der Waals surface area contributed by atoms with Crippen LogP contribution in [0.25, 0.3) is 0 Å². The lowest BCUT2D eigenvalue weighted by atomic mass is 9.92. The summed E-state index contributed by atoms with van der Waals surface area (Å²) in [5, 5.41) is 13.8. The summed E-state index contributed by atoms with van der Waals surface area (Å²) in [5.74, 6) is 0.578. The molecule has 180 valence electrons. The molecule has 2 saturated heterocycles. The Bertz CT molecular complexity index is 866. The molecule has 1 aromatic rings. The van der Waals surface area contributed by atoms with Gasteiger partial charge in [0.05, 0.1) is 4.92 Å². The first-order chi connectivity index (χ1) is 15.9. The van der Waals surface area contributed by atoms with Crippen molar-refractivity contribution in [2.45, 2.75) is 44.6 Å². The van der Waals surface area contributed by atoms with Crippen molar-refractivity contribution in [3.8, 4) is 0 Å². The fourth-order valence-electron chi connectivity index (χ4n) is 4.42. The van der Waals surface area contributed by atoms with Crippen molar-refractivity contribution in [1.29, 1.82) is 0 Å². The Labute approximate surface area is 198 Å². The van der Waals surface area contributed by atoms with E-state index in [0.717, 1.165) is 38.8 Å². The van der Waals surface area contributed by atoms with Gasteiger partial charge in [0, 0.05) is 50.3 Å². The number of carbonyl (C=O) groups excluding carboxylic acids is 3. The molecule has 0 saturated carbocycles. The second kappa shape index (κ2) is 12.0. The van der Waals surface area contributed by atoms with Crippen LogP contribution in [0.5, 0.6) is 0 Å². The number of nitrogens with zero attached hydrogens (tertiary/aromatic N) is 3. The van der Waals surface area contributed by atoms with Crippen LogP contribution in [-0.2, 0) is 9.59 Å². The highest BCUT2D eigenvalue weighted by molar-refractivity contribution is 7.98. The van der Waals surface area contributed by atoms with E-state index in [-0.39, 0.29) is 29.0 Å². The van der Waals surface area contributed by atoms with E-state index in [9.17, 15) is 24.5 Å². The van der Waals surface area contributed by atoms with Crippen molar-refractivity contribution in [3.63, 3.8) is 0 Å². The summed E-state index contributed by atoms with van der Waals surface area (Å²) in [6, 6.07) is 4.81. The summed E-state index contributed by atoms with van der Waals surface area (Å²) in [6.45, 7) is 2.85. The Morgan fingerprint density at radius 3 is 2.48 bits per heavy atom. The largest absolute Gasteiger partial charge is 0.343 e. The molecule has 0 bridgehead atoms. The molecule has 10 heteroatoms. The fraction of sp³-hybridized carbons (Fsp3) is 0.609. The van der Waals surface area contributed by atoms with Crippen LogP contribution in [0.3, 0.4) is 0 Å². The van der Waals surface area contributed by atoms with E-state index >= 15 is 0 Å². The molecule has 1 N–H and O–H groups in total. The normalized spacial score (nSPS) is 17.6. The fourth-order valence-corrected chi connectivity index (χ4v) is 4.89. The van der Waals surface area contributed by atoms with E-state index < -0.39 is 16.9 Å². The molecule has 2 aliphatic rings. The molecule has 2 aliphatic heterocycles. The molecule has 0 aromatic heterocycles. The van der Waals surface area contributed by atoms with E-state index in [1.807, 2.05) is 11.2 Å². The Morgan fingerprint density at radius 2 is 1.85 bits per heavy atom. The summed E-state index contributed by atoms with van der Waals surface area (Å²) in [7, 11) is 0. The first kappa shape index (κ1) is 25.0. The van der Waals surface area contributed by atoms with Crippen LogP contribution in [0.1, 0.15) is 48.9 Å². The van der Waals surface area contributed by atoms with Gasteiger partial charge in [-0.25, -0.2) is 0 Å². The number of hydrogen-bond donors (Lipinski definition) is 1. The monoisotopic (exact) mass is 476 g/mol. The molecule has 1 aromatic carbocycles. The maximum atomic E-state index is 13.2. The highest BCUT2D eigenvalue weighted by Crippen LogP contribution is 2.24. The average Bonchev–Trinajstić information content (AvgIpc) is 3.37. The van der Waals surface area contributed by atoms with Gasteiger partial charge in [-0.3, -0.25) is 24.5 Å². The van der Waals surface area contributed by atoms with Gasteiger partial charge in [0.2, 0.25) is 11.8 Å². The summed E-state index contributed by atoms with van der Waals surface area (Å²) in [4.78, 5) is 52.5. The number of nitro groups is 1. The van der Waals surface area contributed by atoms with Gasteiger partial charge in [-0.2, -0.15) is 11.8 Å². The molecule has 2 heterocycles. The highest BCUT2D eigenvalue weighted by atomic mass is 32.2. The average molecular weight is 477 g/mol. The number of nitrogens with one attached hydrogen (secondary N) is 1. The van der Waals surface area contributed by atoms with Crippen LogP contribution < -0.4 is 5.32 Å². The van der Waals surface area contributed by atoms with Gasteiger partial charge in [0.15, 0.2) is 0 Å². The van der Waals surface area contributed by atoms with Crippen molar-refractivity contribution < 1.29 is 19.3 Å². The van der Waals surface area contributed by atoms with Crippen molar-refractivity contribution in [2.24, 2.45) is 5.92 Å². The lowest BCUT2D eigenvalue weighted by Crippen LogP contribution is -2.51. The van der Waals surface area contributed by atoms with E-state index in [1.54, 1.807) is 16.7 Å². The molecule has 1 atom stereocenters. The van der Waals surface area contributed by atoms with Gasteiger partial charge in [-0.05, 0) is 56.1 Å². The standard InChI is InChI=1S/C23H32N4O5S/c1-33-14-9-20(24-22(29)18-5-4-6-19(16-18)27(31)32)23(30)26-12-7-17(8-13-26)15-21(28)25-10-2-3-11-25/h4-6,16-17,20H,2-3,7-15H2,1H3,(H,24,29). The Morgan fingerprint density at radius 1 is 1.15 bits per heavy atom. The minimum Gasteiger partial charge on any atom is -0.343 e. The molecule has 3 amide bonds. The maximum Gasteiger partial charge on any atom is 0.270 e. The molecular weight excluding hydrogens is 444 g/mol. The number of hydrogen-bond acceptors (Lipinski definition) is 6. The van der Waals surface area contributed by atoms with Crippen molar-refractivity contribution >= 4 is 35.2 Å². The first-order valence-corrected chi connectivity index (χ1v) is 12.9. The van der Waals surface area contributed by atoms with Crippen LogP contribution in [0.2, 0.25) is 0 Å². The second-order valence-corrected chi connectivity index (χ2v) is 9.66. The van der Waals surface area contributed by atoms with E-state index in [1.165, 1.54) is 24.3 Å². The van der Waals surface area contributed by atoms with Gasteiger partial charge in [0.1, 0.15) is 6.04 Å². The third kappa shape index (κ3) is 6.93. The predicted molar refractivity (Wildman–Crippen MR) is 127 cm³/mol. The molecule has 33 heavy (non-hydrogen) atoms. The van der Waals surface area contributed by atoms with E-state index in [2.05, 4.69) is 5.32 Å². The third-order valence-electron chi connectivity index (χ3n) is 6.38. The molecule has 9 nitrogen and oxygen atoms in total. The van der Waals surface area contributed by atoms with E-state index in [0.29, 0.717) is 31.7 Å². The molecule has 0 aliphatic carbocycles. The number of likely N-dealkylation sites (tertiary alicyclic amines) is 2. The highest BCUT2D eigenvalue weighted by Gasteiger charge is 2.31.